The van der Waals surface area contributed by atoms with Crippen LogP contribution in [0, 0.1) is 11.3 Å². The highest BCUT2D eigenvalue weighted by Gasteiger charge is 2.44. The lowest BCUT2D eigenvalue weighted by Crippen LogP contribution is -2.01. The van der Waals surface area contributed by atoms with Gasteiger partial charge in [0.25, 0.3) is 0 Å². The van der Waals surface area contributed by atoms with Crippen LogP contribution >= 0.6 is 0 Å². The van der Waals surface area contributed by atoms with E-state index >= 15 is 0 Å². The minimum absolute atomic E-state index is 0.187. The number of aliphatic hydroxyl groups excluding tert-OH is 1. The van der Waals surface area contributed by atoms with Crippen molar-refractivity contribution < 1.29 is 5.11 Å². The number of nitrogens with zero attached hydrogens (tertiary/aromatic N) is 1. The molecule has 0 aromatic heterocycles. The molecule has 1 aromatic carbocycles. The molecular formula is C14H15NO. The van der Waals surface area contributed by atoms with Crippen LogP contribution in [-0.2, 0) is 5.41 Å². The Labute approximate surface area is 95.8 Å². The second-order valence-corrected chi connectivity index (χ2v) is 4.23. The lowest BCUT2D eigenvalue weighted by Gasteiger charge is -2.05. The first kappa shape index (κ1) is 10.9. The maximum absolute atomic E-state index is 9.06. The molecule has 0 bridgehead atoms. The maximum atomic E-state index is 9.06. The number of rotatable bonds is 4. The van der Waals surface area contributed by atoms with Crippen molar-refractivity contribution in [2.24, 2.45) is 0 Å². The molecule has 0 spiro atoms. The average Bonchev–Trinajstić information content (AvgIpc) is 3.11. The molecule has 82 valence electrons. The van der Waals surface area contributed by atoms with Gasteiger partial charge in [-0.2, -0.15) is 5.26 Å². The predicted molar refractivity (Wildman–Crippen MR) is 63.7 cm³/mol. The first-order valence-corrected chi connectivity index (χ1v) is 5.60. The van der Waals surface area contributed by atoms with Crippen LogP contribution in [0.1, 0.15) is 30.4 Å². The summed E-state index contributed by atoms with van der Waals surface area (Å²) in [7, 11) is 0. The van der Waals surface area contributed by atoms with Gasteiger partial charge in [-0.1, -0.05) is 36.4 Å². The van der Waals surface area contributed by atoms with Crippen LogP contribution < -0.4 is 0 Å². The van der Waals surface area contributed by atoms with Gasteiger partial charge in [0, 0.05) is 6.61 Å². The maximum Gasteiger partial charge on any atom is 0.0823 e. The fraction of sp³-hybridized carbons (Fsp3) is 0.357. The number of hydrogen-bond acceptors (Lipinski definition) is 2. The summed E-state index contributed by atoms with van der Waals surface area (Å²) in [6.07, 6.45) is 6.61. The van der Waals surface area contributed by atoms with Gasteiger partial charge >= 0.3 is 0 Å². The molecule has 1 aliphatic carbocycles. The molecule has 1 aromatic rings. The van der Waals surface area contributed by atoms with Gasteiger partial charge in [0.05, 0.1) is 11.5 Å². The fourth-order valence-electron chi connectivity index (χ4n) is 1.80. The van der Waals surface area contributed by atoms with E-state index in [-0.39, 0.29) is 12.0 Å². The van der Waals surface area contributed by atoms with Crippen LogP contribution in [-0.4, -0.2) is 11.7 Å². The molecule has 0 amide bonds. The number of aliphatic hydroxyl groups is 1. The van der Waals surface area contributed by atoms with Crippen LogP contribution in [0.2, 0.25) is 0 Å². The Morgan fingerprint density at radius 1 is 1.31 bits per heavy atom. The molecule has 2 rings (SSSR count). The fourth-order valence-corrected chi connectivity index (χ4v) is 1.80. The van der Waals surface area contributed by atoms with Crippen molar-refractivity contribution in [3.05, 3.63) is 41.5 Å². The first-order chi connectivity index (χ1) is 7.80. The van der Waals surface area contributed by atoms with Gasteiger partial charge in [-0.25, -0.2) is 0 Å². The lowest BCUT2D eigenvalue weighted by atomic mass is 9.96. The normalized spacial score (nSPS) is 17.2. The third-order valence-electron chi connectivity index (χ3n) is 3.03. The summed E-state index contributed by atoms with van der Waals surface area (Å²) < 4.78 is 0. The Morgan fingerprint density at radius 3 is 2.50 bits per heavy atom. The van der Waals surface area contributed by atoms with E-state index in [2.05, 4.69) is 6.07 Å². The first-order valence-electron chi connectivity index (χ1n) is 5.60. The Kier molecular flexibility index (Phi) is 3.07. The van der Waals surface area contributed by atoms with Crippen molar-refractivity contribution in [3.63, 3.8) is 0 Å². The van der Waals surface area contributed by atoms with E-state index in [1.807, 2.05) is 36.4 Å². The van der Waals surface area contributed by atoms with Gasteiger partial charge in [-0.15, -0.1) is 0 Å². The van der Waals surface area contributed by atoms with Crippen molar-refractivity contribution in [2.75, 3.05) is 6.61 Å². The van der Waals surface area contributed by atoms with Gasteiger partial charge in [-0.05, 0) is 30.4 Å². The standard InChI is InChI=1S/C14H15NO/c15-11-14(8-9-14)13-6-4-12(5-7-13)3-1-2-10-16/h1,3-7,16H,2,8-10H2. The molecule has 0 aliphatic heterocycles. The van der Waals surface area contributed by atoms with Crippen LogP contribution in [0.5, 0.6) is 0 Å². The van der Waals surface area contributed by atoms with E-state index in [1.165, 1.54) is 0 Å². The summed E-state index contributed by atoms with van der Waals surface area (Å²) in [5.41, 5.74) is 2.06. The Balaban J connectivity index is 2.09. The summed E-state index contributed by atoms with van der Waals surface area (Å²) >= 11 is 0. The van der Waals surface area contributed by atoms with E-state index in [0.717, 1.165) is 24.0 Å². The summed E-state index contributed by atoms with van der Waals surface area (Å²) in [5.74, 6) is 0. The van der Waals surface area contributed by atoms with E-state index < -0.39 is 0 Å². The Hall–Kier alpha value is -1.59. The summed E-state index contributed by atoms with van der Waals surface area (Å²) in [5, 5.41) is 17.7. The van der Waals surface area contributed by atoms with E-state index in [0.29, 0.717) is 6.42 Å². The minimum atomic E-state index is -0.187. The predicted octanol–water partition coefficient (Wildman–Crippen LogP) is 2.64. The number of nitriles is 1. The topological polar surface area (TPSA) is 44.0 Å². The molecule has 0 radical (unpaired) electrons. The molecule has 1 saturated carbocycles. The van der Waals surface area contributed by atoms with Gasteiger partial charge in [0.15, 0.2) is 0 Å². The third-order valence-corrected chi connectivity index (χ3v) is 3.03. The summed E-state index contributed by atoms with van der Waals surface area (Å²) in [6.45, 7) is 0.187. The Bertz CT molecular complexity index is 421. The molecule has 1 N–H and O–H groups in total. The highest BCUT2D eigenvalue weighted by molar-refractivity contribution is 5.51. The molecule has 16 heavy (non-hydrogen) atoms. The molecule has 1 fully saturated rings. The third kappa shape index (κ3) is 2.15. The highest BCUT2D eigenvalue weighted by atomic mass is 16.2. The Morgan fingerprint density at radius 2 is 2.00 bits per heavy atom. The zero-order valence-electron chi connectivity index (χ0n) is 9.19. The van der Waals surface area contributed by atoms with Gasteiger partial charge in [-0.3, -0.25) is 0 Å². The zero-order chi connectivity index (χ0) is 11.4. The smallest absolute Gasteiger partial charge is 0.0823 e. The monoisotopic (exact) mass is 213 g/mol. The van der Waals surface area contributed by atoms with Crippen LogP contribution in [0.25, 0.3) is 6.08 Å². The number of hydrogen-bond donors (Lipinski definition) is 1. The van der Waals surface area contributed by atoms with E-state index in [9.17, 15) is 0 Å². The quantitative estimate of drug-likeness (QED) is 0.835. The largest absolute Gasteiger partial charge is 0.396 e. The summed E-state index contributed by atoms with van der Waals surface area (Å²) in [6, 6.07) is 10.5. The average molecular weight is 213 g/mol. The van der Waals surface area contributed by atoms with Gasteiger partial charge < -0.3 is 5.11 Å². The molecule has 1 aliphatic rings. The van der Waals surface area contributed by atoms with Gasteiger partial charge in [0.2, 0.25) is 0 Å². The second kappa shape index (κ2) is 4.51. The van der Waals surface area contributed by atoms with Gasteiger partial charge in [0.1, 0.15) is 0 Å². The van der Waals surface area contributed by atoms with E-state index in [1.54, 1.807) is 0 Å². The second-order valence-electron chi connectivity index (χ2n) is 4.23. The van der Waals surface area contributed by atoms with Crippen LogP contribution in [0.4, 0.5) is 0 Å². The minimum Gasteiger partial charge on any atom is -0.396 e. The molecule has 0 saturated heterocycles. The molecule has 0 atom stereocenters. The van der Waals surface area contributed by atoms with Crippen molar-refractivity contribution >= 4 is 6.08 Å². The summed E-state index contributed by atoms with van der Waals surface area (Å²) in [4.78, 5) is 0. The highest BCUT2D eigenvalue weighted by Crippen LogP contribution is 2.47. The van der Waals surface area contributed by atoms with Crippen LogP contribution in [0.3, 0.4) is 0 Å². The zero-order valence-corrected chi connectivity index (χ0v) is 9.19. The lowest BCUT2D eigenvalue weighted by molar-refractivity contribution is 0.303. The van der Waals surface area contributed by atoms with Crippen molar-refractivity contribution in [1.82, 2.24) is 0 Å². The molecule has 2 nitrogen and oxygen atoms in total. The molecule has 0 unspecified atom stereocenters. The van der Waals surface area contributed by atoms with Crippen molar-refractivity contribution in [1.29, 1.82) is 5.26 Å². The molecule has 2 heteroatoms. The van der Waals surface area contributed by atoms with E-state index in [4.69, 9.17) is 10.4 Å². The SMILES string of the molecule is N#CC1(c2ccc(C=CCCO)cc2)CC1. The molecular weight excluding hydrogens is 198 g/mol. The molecule has 0 heterocycles. The van der Waals surface area contributed by atoms with Crippen LogP contribution in [0.15, 0.2) is 30.3 Å². The van der Waals surface area contributed by atoms with Crippen molar-refractivity contribution in [2.45, 2.75) is 24.7 Å². The van der Waals surface area contributed by atoms with Crippen molar-refractivity contribution in [3.8, 4) is 6.07 Å². The number of benzene rings is 1.